The minimum Gasteiger partial charge on any atom is -0.474 e. The summed E-state index contributed by atoms with van der Waals surface area (Å²) in [6, 6.07) is 0. The number of primary amides is 1. The molecule has 0 unspecified atom stereocenters. The number of nitrogens with zero attached hydrogens (tertiary/aromatic N) is 2. The molecule has 0 aromatic carbocycles. The fourth-order valence-corrected chi connectivity index (χ4v) is 2.51. The molecule has 0 saturated heterocycles. The van der Waals surface area contributed by atoms with Crippen LogP contribution >= 0.6 is 0 Å². The minimum absolute atomic E-state index is 0.218. The van der Waals surface area contributed by atoms with E-state index in [9.17, 15) is 4.79 Å². The third-order valence-electron chi connectivity index (χ3n) is 3.47. The summed E-state index contributed by atoms with van der Waals surface area (Å²) in [6.07, 6.45) is 10.9. The molecule has 1 saturated carbocycles. The van der Waals surface area contributed by atoms with Gasteiger partial charge in [0, 0.05) is 17.8 Å². The summed E-state index contributed by atoms with van der Waals surface area (Å²) in [6.45, 7) is 0. The first-order valence-corrected chi connectivity index (χ1v) is 6.70. The zero-order valence-corrected chi connectivity index (χ0v) is 11.0. The smallest absolute Gasteiger partial charge is 0.241 e. The van der Waals surface area contributed by atoms with Gasteiger partial charge in [-0.25, -0.2) is 9.97 Å². The van der Waals surface area contributed by atoms with Crippen LogP contribution in [0.25, 0.3) is 17.1 Å². The van der Waals surface area contributed by atoms with Crippen molar-refractivity contribution in [3.63, 3.8) is 0 Å². The van der Waals surface area contributed by atoms with E-state index in [1.165, 1.54) is 25.2 Å². The van der Waals surface area contributed by atoms with Crippen LogP contribution in [0.1, 0.15) is 31.2 Å². The van der Waals surface area contributed by atoms with Crippen LogP contribution in [-0.4, -0.2) is 27.0 Å². The summed E-state index contributed by atoms with van der Waals surface area (Å²) < 4.78 is 5.97. The molecule has 0 atom stereocenters. The first kappa shape index (κ1) is 12.7. The number of carbonyl (C=O) groups is 1. The van der Waals surface area contributed by atoms with E-state index >= 15 is 0 Å². The van der Waals surface area contributed by atoms with Crippen molar-refractivity contribution >= 4 is 23.0 Å². The first-order valence-electron chi connectivity index (χ1n) is 6.70. The number of hydrogen-bond donors (Lipinski definition) is 2. The third kappa shape index (κ3) is 2.49. The molecule has 0 bridgehead atoms. The second-order valence-electron chi connectivity index (χ2n) is 4.91. The van der Waals surface area contributed by atoms with Crippen LogP contribution in [0.3, 0.4) is 0 Å². The predicted molar refractivity (Wildman–Crippen MR) is 75.0 cm³/mol. The minimum atomic E-state index is -0.491. The van der Waals surface area contributed by atoms with Crippen molar-refractivity contribution in [1.82, 2.24) is 15.0 Å². The van der Waals surface area contributed by atoms with Gasteiger partial charge in [0.2, 0.25) is 11.8 Å². The lowest BCUT2D eigenvalue weighted by molar-refractivity contribution is -0.113. The van der Waals surface area contributed by atoms with Gasteiger partial charge in [-0.1, -0.05) is 0 Å². The zero-order valence-electron chi connectivity index (χ0n) is 11.0. The van der Waals surface area contributed by atoms with E-state index in [0.717, 1.165) is 23.8 Å². The van der Waals surface area contributed by atoms with Crippen LogP contribution < -0.4 is 10.5 Å². The van der Waals surface area contributed by atoms with E-state index in [-0.39, 0.29) is 6.10 Å². The van der Waals surface area contributed by atoms with Gasteiger partial charge in [0.15, 0.2) is 0 Å². The molecule has 3 N–H and O–H groups in total. The average molecular weight is 272 g/mol. The summed E-state index contributed by atoms with van der Waals surface area (Å²) in [7, 11) is 0. The number of nitrogens with one attached hydrogen (secondary N) is 1. The molecule has 0 radical (unpaired) electrons. The molecular formula is C14H16N4O2. The maximum atomic E-state index is 10.9. The molecule has 104 valence electrons. The molecule has 1 aliphatic rings. The van der Waals surface area contributed by atoms with Gasteiger partial charge < -0.3 is 15.5 Å². The van der Waals surface area contributed by atoms with Crippen molar-refractivity contribution in [1.29, 1.82) is 0 Å². The molecular weight excluding hydrogens is 256 g/mol. The molecule has 1 fully saturated rings. The fraction of sp³-hybridized carbons (Fsp3) is 0.357. The van der Waals surface area contributed by atoms with E-state index in [0.29, 0.717) is 11.5 Å². The molecule has 1 amide bonds. The Hall–Kier alpha value is -2.37. The van der Waals surface area contributed by atoms with E-state index in [2.05, 4.69) is 15.0 Å². The van der Waals surface area contributed by atoms with Crippen molar-refractivity contribution in [2.45, 2.75) is 31.8 Å². The van der Waals surface area contributed by atoms with Crippen molar-refractivity contribution in [3.05, 3.63) is 24.2 Å². The summed E-state index contributed by atoms with van der Waals surface area (Å²) >= 11 is 0. The molecule has 20 heavy (non-hydrogen) atoms. The van der Waals surface area contributed by atoms with Gasteiger partial charge in [0.25, 0.3) is 0 Å². The van der Waals surface area contributed by atoms with E-state index in [1.54, 1.807) is 12.3 Å². The predicted octanol–water partition coefficient (Wildman–Crippen LogP) is 1.78. The summed E-state index contributed by atoms with van der Waals surface area (Å²) in [4.78, 5) is 22.3. The Morgan fingerprint density at radius 2 is 2.20 bits per heavy atom. The quantitative estimate of drug-likeness (QED) is 0.829. The largest absolute Gasteiger partial charge is 0.474 e. The van der Waals surface area contributed by atoms with Crippen molar-refractivity contribution < 1.29 is 9.53 Å². The number of H-pyrrole nitrogens is 1. The SMILES string of the molecule is NC(=O)/C=C/c1c[nH]c2ncnc(OC3CCCC3)c12. The highest BCUT2D eigenvalue weighted by Gasteiger charge is 2.19. The van der Waals surface area contributed by atoms with E-state index in [1.807, 2.05) is 0 Å². The van der Waals surface area contributed by atoms with Gasteiger partial charge >= 0.3 is 0 Å². The summed E-state index contributed by atoms with van der Waals surface area (Å²) in [5.41, 5.74) is 6.62. The topological polar surface area (TPSA) is 93.9 Å². The monoisotopic (exact) mass is 272 g/mol. The Kier molecular flexibility index (Phi) is 3.37. The molecule has 1 aliphatic carbocycles. The molecule has 6 nitrogen and oxygen atoms in total. The van der Waals surface area contributed by atoms with E-state index in [4.69, 9.17) is 10.5 Å². The van der Waals surface area contributed by atoms with Crippen LogP contribution in [0.4, 0.5) is 0 Å². The van der Waals surface area contributed by atoms with Gasteiger partial charge in [0.05, 0.1) is 5.39 Å². The number of rotatable bonds is 4. The molecule has 2 aromatic heterocycles. The molecule has 2 aromatic rings. The number of fused-ring (bicyclic) bond motifs is 1. The molecule has 0 aliphatic heterocycles. The zero-order chi connectivity index (χ0) is 13.9. The van der Waals surface area contributed by atoms with Crippen LogP contribution in [0, 0.1) is 0 Å². The Balaban J connectivity index is 1.97. The van der Waals surface area contributed by atoms with Gasteiger partial charge in [-0.3, -0.25) is 4.79 Å². The highest BCUT2D eigenvalue weighted by Crippen LogP contribution is 2.30. The van der Waals surface area contributed by atoms with Gasteiger partial charge in [-0.2, -0.15) is 0 Å². The van der Waals surface area contributed by atoms with Crippen LogP contribution in [0.15, 0.2) is 18.6 Å². The fourth-order valence-electron chi connectivity index (χ4n) is 2.51. The molecule has 0 spiro atoms. The lowest BCUT2D eigenvalue weighted by atomic mass is 10.2. The maximum Gasteiger partial charge on any atom is 0.241 e. The number of aromatic amines is 1. The van der Waals surface area contributed by atoms with Crippen LogP contribution in [0.5, 0.6) is 5.88 Å². The Bertz CT molecular complexity index is 656. The number of aromatic nitrogens is 3. The normalized spacial score (nSPS) is 16.2. The van der Waals surface area contributed by atoms with Crippen molar-refractivity contribution in [2.24, 2.45) is 5.73 Å². The van der Waals surface area contributed by atoms with Gasteiger partial charge in [-0.05, 0) is 31.8 Å². The number of hydrogen-bond acceptors (Lipinski definition) is 4. The van der Waals surface area contributed by atoms with Crippen molar-refractivity contribution in [3.8, 4) is 5.88 Å². The standard InChI is InChI=1S/C14H16N4O2/c15-11(19)6-5-9-7-16-13-12(9)14(18-8-17-13)20-10-3-1-2-4-10/h5-8,10H,1-4H2,(H2,15,19)(H,16,17,18)/b6-5+. The Morgan fingerprint density at radius 3 is 2.95 bits per heavy atom. The first-order chi connectivity index (χ1) is 9.74. The van der Waals surface area contributed by atoms with Gasteiger partial charge in [0.1, 0.15) is 18.1 Å². The maximum absolute atomic E-state index is 10.9. The number of amides is 1. The Morgan fingerprint density at radius 1 is 1.40 bits per heavy atom. The lowest BCUT2D eigenvalue weighted by Crippen LogP contribution is -2.12. The average Bonchev–Trinajstić information content (AvgIpc) is 3.06. The van der Waals surface area contributed by atoms with Crippen molar-refractivity contribution in [2.75, 3.05) is 0 Å². The second-order valence-corrected chi connectivity index (χ2v) is 4.91. The van der Waals surface area contributed by atoms with Crippen LogP contribution in [-0.2, 0) is 4.79 Å². The third-order valence-corrected chi connectivity index (χ3v) is 3.47. The van der Waals surface area contributed by atoms with Gasteiger partial charge in [-0.15, -0.1) is 0 Å². The number of ether oxygens (including phenoxy) is 1. The lowest BCUT2D eigenvalue weighted by Gasteiger charge is -2.12. The molecule has 2 heterocycles. The number of nitrogens with two attached hydrogens (primary N) is 1. The Labute approximate surface area is 116 Å². The van der Waals surface area contributed by atoms with E-state index < -0.39 is 5.91 Å². The number of carbonyl (C=O) groups excluding carboxylic acids is 1. The second kappa shape index (κ2) is 5.32. The molecule has 6 heteroatoms. The highest BCUT2D eigenvalue weighted by molar-refractivity contribution is 5.96. The summed E-state index contributed by atoms with van der Waals surface area (Å²) in [5, 5.41) is 0.789. The summed E-state index contributed by atoms with van der Waals surface area (Å²) in [5.74, 6) is 0.0710. The molecule has 3 rings (SSSR count). The highest BCUT2D eigenvalue weighted by atomic mass is 16.5. The van der Waals surface area contributed by atoms with Crippen LogP contribution in [0.2, 0.25) is 0 Å².